The molecule has 0 atom stereocenters. The Morgan fingerprint density at radius 3 is 3.00 bits per heavy atom. The Morgan fingerprint density at radius 1 is 1.73 bits per heavy atom. The third-order valence-electron chi connectivity index (χ3n) is 1.14. The van der Waals surface area contributed by atoms with Crippen LogP contribution >= 0.6 is 0 Å². The zero-order chi connectivity index (χ0) is 8.27. The number of H-pyrrole nitrogens is 1. The Hall–Kier alpha value is -1.65. The minimum absolute atomic E-state index is 0.122. The van der Waals surface area contributed by atoms with Gasteiger partial charge in [0, 0.05) is 13.1 Å². The van der Waals surface area contributed by atoms with Gasteiger partial charge in [0.05, 0.1) is 6.33 Å². The Morgan fingerprint density at radius 2 is 2.45 bits per heavy atom. The normalized spacial score (nSPS) is 9.18. The molecule has 0 spiro atoms. The van der Waals surface area contributed by atoms with E-state index < -0.39 is 0 Å². The highest BCUT2D eigenvalue weighted by molar-refractivity contribution is 5.91. The zero-order valence-electron chi connectivity index (χ0n) is 5.92. The number of hydrogen-bond acceptors (Lipinski definition) is 3. The van der Waals surface area contributed by atoms with E-state index >= 15 is 0 Å². The van der Waals surface area contributed by atoms with E-state index in [-0.39, 0.29) is 17.2 Å². The molecule has 1 aromatic rings. The molecule has 0 saturated heterocycles. The second-order valence-corrected chi connectivity index (χ2v) is 1.88. The fourth-order valence-electron chi connectivity index (χ4n) is 0.621. The molecule has 0 bridgehead atoms. The standard InChI is InChI=1S/C6H7N3O2/c1-7-6(11)4-2-5(10)9-3-8-4/h2-3H,1H3,(H,7,11)(H,8,9,10). The van der Waals surface area contributed by atoms with Gasteiger partial charge in [0.15, 0.2) is 0 Å². The average Bonchev–Trinajstić information content (AvgIpc) is 2.03. The van der Waals surface area contributed by atoms with Crippen molar-refractivity contribution in [1.29, 1.82) is 0 Å². The van der Waals surface area contributed by atoms with E-state index in [4.69, 9.17) is 0 Å². The molecule has 1 amide bonds. The third-order valence-corrected chi connectivity index (χ3v) is 1.14. The summed E-state index contributed by atoms with van der Waals surface area (Å²) in [5, 5.41) is 2.35. The van der Waals surface area contributed by atoms with Crippen LogP contribution < -0.4 is 10.9 Å². The molecule has 11 heavy (non-hydrogen) atoms. The fraction of sp³-hybridized carbons (Fsp3) is 0.167. The Balaban J connectivity index is 3.05. The first-order chi connectivity index (χ1) is 5.24. The van der Waals surface area contributed by atoms with E-state index in [1.165, 1.54) is 13.4 Å². The van der Waals surface area contributed by atoms with Gasteiger partial charge in [0.25, 0.3) is 11.5 Å². The number of nitrogens with zero attached hydrogens (tertiary/aromatic N) is 1. The lowest BCUT2D eigenvalue weighted by Gasteiger charge is -1.94. The van der Waals surface area contributed by atoms with Gasteiger partial charge in [-0.15, -0.1) is 0 Å². The number of amides is 1. The number of carbonyl (C=O) groups excluding carboxylic acids is 1. The van der Waals surface area contributed by atoms with Crippen LogP contribution in [0.25, 0.3) is 0 Å². The summed E-state index contributed by atoms with van der Waals surface area (Å²) in [5.41, 5.74) is -0.213. The smallest absolute Gasteiger partial charge is 0.269 e. The van der Waals surface area contributed by atoms with Gasteiger partial charge >= 0.3 is 0 Å². The molecule has 1 aromatic heterocycles. The van der Waals surface area contributed by atoms with Crippen molar-refractivity contribution in [2.75, 3.05) is 7.05 Å². The predicted octanol–water partition coefficient (Wildman–Crippen LogP) is -0.871. The molecule has 0 aromatic carbocycles. The highest BCUT2D eigenvalue weighted by Gasteiger charge is 2.02. The van der Waals surface area contributed by atoms with Crippen molar-refractivity contribution in [2.45, 2.75) is 0 Å². The van der Waals surface area contributed by atoms with Crippen LogP contribution in [0.4, 0.5) is 0 Å². The summed E-state index contributed by atoms with van der Waals surface area (Å²) >= 11 is 0. The van der Waals surface area contributed by atoms with Crippen molar-refractivity contribution >= 4 is 5.91 Å². The Labute approximate surface area is 62.5 Å². The van der Waals surface area contributed by atoms with Crippen LogP contribution in [-0.2, 0) is 0 Å². The van der Waals surface area contributed by atoms with Crippen LogP contribution in [0.1, 0.15) is 10.5 Å². The van der Waals surface area contributed by atoms with Crippen molar-refractivity contribution in [3.05, 3.63) is 28.4 Å². The Bertz CT molecular complexity index is 318. The van der Waals surface area contributed by atoms with Crippen LogP contribution in [0, 0.1) is 0 Å². The quantitative estimate of drug-likeness (QED) is 0.550. The molecular formula is C6H7N3O2. The van der Waals surface area contributed by atoms with E-state index in [1.807, 2.05) is 0 Å². The molecule has 1 rings (SSSR count). The van der Waals surface area contributed by atoms with E-state index in [1.54, 1.807) is 0 Å². The molecule has 0 radical (unpaired) electrons. The van der Waals surface area contributed by atoms with Gasteiger partial charge in [-0.05, 0) is 0 Å². The largest absolute Gasteiger partial charge is 0.354 e. The van der Waals surface area contributed by atoms with Gasteiger partial charge in [-0.25, -0.2) is 4.98 Å². The van der Waals surface area contributed by atoms with E-state index in [9.17, 15) is 9.59 Å². The van der Waals surface area contributed by atoms with Crippen molar-refractivity contribution in [1.82, 2.24) is 15.3 Å². The molecule has 5 nitrogen and oxygen atoms in total. The summed E-state index contributed by atoms with van der Waals surface area (Å²) in [6, 6.07) is 1.14. The van der Waals surface area contributed by atoms with Crippen LogP contribution in [0.3, 0.4) is 0 Å². The lowest BCUT2D eigenvalue weighted by molar-refractivity contribution is 0.0958. The second-order valence-electron chi connectivity index (χ2n) is 1.88. The molecule has 0 unspecified atom stereocenters. The molecule has 0 saturated carbocycles. The number of nitrogens with one attached hydrogen (secondary N) is 2. The fourth-order valence-corrected chi connectivity index (χ4v) is 0.621. The van der Waals surface area contributed by atoms with Crippen LogP contribution in [0.2, 0.25) is 0 Å². The highest BCUT2D eigenvalue weighted by atomic mass is 16.2. The molecule has 0 aliphatic rings. The van der Waals surface area contributed by atoms with Crippen molar-refractivity contribution in [3.63, 3.8) is 0 Å². The number of aromatic amines is 1. The predicted molar refractivity (Wildman–Crippen MR) is 38.2 cm³/mol. The van der Waals surface area contributed by atoms with Crippen molar-refractivity contribution in [3.8, 4) is 0 Å². The zero-order valence-corrected chi connectivity index (χ0v) is 5.92. The minimum atomic E-state index is -0.365. The maximum Gasteiger partial charge on any atom is 0.269 e. The molecule has 0 fully saturated rings. The van der Waals surface area contributed by atoms with Crippen LogP contribution in [0.15, 0.2) is 17.2 Å². The van der Waals surface area contributed by atoms with Crippen molar-refractivity contribution in [2.24, 2.45) is 0 Å². The van der Waals surface area contributed by atoms with E-state index in [2.05, 4.69) is 15.3 Å². The molecule has 1 heterocycles. The summed E-state index contributed by atoms with van der Waals surface area (Å²) in [6.45, 7) is 0. The van der Waals surface area contributed by atoms with Gasteiger partial charge in [-0.1, -0.05) is 0 Å². The first-order valence-electron chi connectivity index (χ1n) is 3.01. The van der Waals surface area contributed by atoms with Crippen molar-refractivity contribution < 1.29 is 4.79 Å². The van der Waals surface area contributed by atoms with Gasteiger partial charge in [-0.2, -0.15) is 0 Å². The SMILES string of the molecule is CNC(=O)c1cc(=O)[nH]cn1. The van der Waals surface area contributed by atoms with Gasteiger partial charge in [0.2, 0.25) is 0 Å². The van der Waals surface area contributed by atoms with E-state index in [0.29, 0.717) is 0 Å². The molecule has 5 heteroatoms. The summed E-state index contributed by atoms with van der Waals surface area (Å²) < 4.78 is 0. The lowest BCUT2D eigenvalue weighted by Crippen LogP contribution is -2.21. The Kier molecular flexibility index (Phi) is 2.00. The first-order valence-corrected chi connectivity index (χ1v) is 3.01. The summed E-state index contributed by atoms with van der Waals surface area (Å²) in [7, 11) is 1.48. The average molecular weight is 153 g/mol. The maximum atomic E-state index is 10.8. The maximum absolute atomic E-state index is 10.8. The van der Waals surface area contributed by atoms with E-state index in [0.717, 1.165) is 6.07 Å². The highest BCUT2D eigenvalue weighted by Crippen LogP contribution is 1.84. The first kappa shape index (κ1) is 7.46. The van der Waals surface area contributed by atoms with Crippen LogP contribution in [-0.4, -0.2) is 22.9 Å². The molecule has 58 valence electrons. The van der Waals surface area contributed by atoms with Crippen LogP contribution in [0.5, 0.6) is 0 Å². The summed E-state index contributed by atoms with van der Waals surface area (Å²) in [4.78, 5) is 27.4. The third kappa shape index (κ3) is 1.64. The topological polar surface area (TPSA) is 74.8 Å². The van der Waals surface area contributed by atoms with Gasteiger partial charge in [-0.3, -0.25) is 9.59 Å². The lowest BCUT2D eigenvalue weighted by atomic mass is 10.4. The molecule has 2 N–H and O–H groups in total. The number of hydrogen-bond donors (Lipinski definition) is 2. The molecule has 0 aliphatic carbocycles. The van der Waals surface area contributed by atoms with Gasteiger partial charge < -0.3 is 10.3 Å². The second kappa shape index (κ2) is 2.96. The monoisotopic (exact) mass is 153 g/mol. The molecule has 0 aliphatic heterocycles. The summed E-state index contributed by atoms with van der Waals surface area (Å²) in [5.74, 6) is -0.365. The van der Waals surface area contributed by atoms with Gasteiger partial charge in [0.1, 0.15) is 5.69 Å². The number of rotatable bonds is 1. The number of aromatic nitrogens is 2. The summed E-state index contributed by atoms with van der Waals surface area (Å²) in [6.07, 6.45) is 1.19. The number of carbonyl (C=O) groups is 1. The molecular weight excluding hydrogens is 146 g/mol. The minimum Gasteiger partial charge on any atom is -0.354 e.